The third-order valence-corrected chi connectivity index (χ3v) is 4.23. The third-order valence-electron chi connectivity index (χ3n) is 3.91. The van der Waals surface area contributed by atoms with E-state index in [1.807, 2.05) is 25.1 Å². The maximum absolute atomic E-state index is 6.18. The number of benzene rings is 2. The highest BCUT2D eigenvalue weighted by Crippen LogP contribution is 2.34. The second kappa shape index (κ2) is 6.53. The molecule has 0 aromatic heterocycles. The molecule has 0 saturated carbocycles. The van der Waals surface area contributed by atoms with E-state index >= 15 is 0 Å². The molecular formula is C18H18ClN3O2. The van der Waals surface area contributed by atoms with Gasteiger partial charge in [0.15, 0.2) is 11.5 Å². The van der Waals surface area contributed by atoms with E-state index in [0.29, 0.717) is 28.6 Å². The number of nitrogen functional groups attached to an aromatic ring is 1. The highest BCUT2D eigenvalue weighted by Gasteiger charge is 2.20. The Morgan fingerprint density at radius 2 is 1.75 bits per heavy atom. The van der Waals surface area contributed by atoms with Crippen molar-refractivity contribution in [2.75, 3.05) is 20.0 Å². The van der Waals surface area contributed by atoms with Crippen molar-refractivity contribution in [1.29, 1.82) is 0 Å². The zero-order chi connectivity index (χ0) is 17.3. The smallest absolute Gasteiger partial charge is 0.161 e. The van der Waals surface area contributed by atoms with Gasteiger partial charge >= 0.3 is 0 Å². The molecule has 124 valence electrons. The largest absolute Gasteiger partial charge is 0.493 e. The van der Waals surface area contributed by atoms with Crippen molar-refractivity contribution in [3.63, 3.8) is 0 Å². The van der Waals surface area contributed by atoms with Crippen LogP contribution in [0.5, 0.6) is 11.5 Å². The summed E-state index contributed by atoms with van der Waals surface area (Å²) >= 11 is 6.18. The number of fused-ring (bicyclic) bond motifs is 1. The number of ether oxygens (including phenoxy) is 2. The molecule has 0 amide bonds. The number of anilines is 1. The molecule has 24 heavy (non-hydrogen) atoms. The van der Waals surface area contributed by atoms with Crippen molar-refractivity contribution < 1.29 is 9.47 Å². The van der Waals surface area contributed by atoms with E-state index in [-0.39, 0.29) is 0 Å². The Balaban J connectivity index is 2.22. The van der Waals surface area contributed by atoms with E-state index < -0.39 is 0 Å². The maximum Gasteiger partial charge on any atom is 0.161 e. The Morgan fingerprint density at radius 3 is 2.42 bits per heavy atom. The molecule has 6 heteroatoms. The van der Waals surface area contributed by atoms with Crippen LogP contribution in [0.2, 0.25) is 5.02 Å². The van der Waals surface area contributed by atoms with Crippen LogP contribution >= 0.6 is 11.6 Å². The van der Waals surface area contributed by atoms with Gasteiger partial charge in [-0.15, -0.1) is 5.10 Å². The molecule has 0 saturated heterocycles. The number of nitrogens with zero attached hydrogens (tertiary/aromatic N) is 2. The summed E-state index contributed by atoms with van der Waals surface area (Å²) in [5.74, 6) is 1.32. The van der Waals surface area contributed by atoms with E-state index in [4.69, 9.17) is 26.8 Å². The van der Waals surface area contributed by atoms with Gasteiger partial charge in [0.2, 0.25) is 0 Å². The van der Waals surface area contributed by atoms with Gasteiger partial charge in [0.1, 0.15) is 5.71 Å². The molecule has 0 bridgehead atoms. The maximum atomic E-state index is 6.18. The van der Waals surface area contributed by atoms with E-state index in [9.17, 15) is 0 Å². The summed E-state index contributed by atoms with van der Waals surface area (Å²) in [4.78, 5) is 0. The lowest BCUT2D eigenvalue weighted by Crippen LogP contribution is -2.08. The fraction of sp³-hybridized carbons (Fsp3) is 0.222. The Hall–Kier alpha value is -2.53. The van der Waals surface area contributed by atoms with Crippen LogP contribution < -0.4 is 15.2 Å². The van der Waals surface area contributed by atoms with Gasteiger partial charge in [0, 0.05) is 23.3 Å². The fourth-order valence-corrected chi connectivity index (χ4v) is 2.86. The van der Waals surface area contributed by atoms with Crippen LogP contribution in [0.25, 0.3) is 0 Å². The van der Waals surface area contributed by atoms with Crippen molar-refractivity contribution in [2.24, 2.45) is 10.2 Å². The zero-order valence-corrected chi connectivity index (χ0v) is 14.5. The molecule has 2 aromatic carbocycles. The van der Waals surface area contributed by atoms with E-state index in [0.717, 1.165) is 28.1 Å². The molecule has 5 nitrogen and oxygen atoms in total. The summed E-state index contributed by atoms with van der Waals surface area (Å²) in [6, 6.07) is 9.34. The average Bonchev–Trinajstić information content (AvgIpc) is 2.74. The van der Waals surface area contributed by atoms with Crippen LogP contribution in [-0.4, -0.2) is 25.6 Å². The van der Waals surface area contributed by atoms with Crippen LogP contribution in [0.4, 0.5) is 5.69 Å². The van der Waals surface area contributed by atoms with Crippen molar-refractivity contribution in [2.45, 2.75) is 13.3 Å². The molecule has 1 heterocycles. The molecule has 1 aliphatic heterocycles. The molecule has 3 rings (SSSR count). The number of hydrogen-bond donors (Lipinski definition) is 1. The molecule has 0 spiro atoms. The van der Waals surface area contributed by atoms with Crippen LogP contribution in [0.3, 0.4) is 0 Å². The molecule has 1 aliphatic rings. The Labute approximate surface area is 145 Å². The van der Waals surface area contributed by atoms with Gasteiger partial charge in [-0.2, -0.15) is 5.10 Å². The minimum absolute atomic E-state index is 0.488. The Kier molecular flexibility index (Phi) is 4.44. The summed E-state index contributed by atoms with van der Waals surface area (Å²) in [6.45, 7) is 1.95. The number of halogens is 1. The normalized spacial score (nSPS) is 13.5. The second-order valence-electron chi connectivity index (χ2n) is 5.56. The molecule has 0 unspecified atom stereocenters. The fourth-order valence-electron chi connectivity index (χ4n) is 2.68. The van der Waals surface area contributed by atoms with Crippen LogP contribution in [0.1, 0.15) is 23.6 Å². The lowest BCUT2D eigenvalue weighted by molar-refractivity contribution is 0.354. The van der Waals surface area contributed by atoms with Gasteiger partial charge in [-0.3, -0.25) is 0 Å². The first-order chi connectivity index (χ1) is 11.5. The quantitative estimate of drug-likeness (QED) is 0.864. The van der Waals surface area contributed by atoms with Gasteiger partial charge in [0.25, 0.3) is 0 Å². The third kappa shape index (κ3) is 2.95. The standard InChI is InChI=1S/C18H18ClN3O2/c1-10-6-12-8-16(23-2)17(24-3)9-13(12)18(22-21-10)11-4-5-15(20)14(19)7-11/h4-5,7-9H,6,20H2,1-3H3. The van der Waals surface area contributed by atoms with Crippen LogP contribution in [-0.2, 0) is 6.42 Å². The van der Waals surface area contributed by atoms with E-state index in [2.05, 4.69) is 10.2 Å². The Bertz CT molecular complexity index is 860. The molecular weight excluding hydrogens is 326 g/mol. The summed E-state index contributed by atoms with van der Waals surface area (Å²) in [6.07, 6.45) is 0.686. The molecule has 0 atom stereocenters. The predicted octanol–water partition coefficient (Wildman–Crippen LogP) is 3.71. The monoisotopic (exact) mass is 343 g/mol. The Morgan fingerprint density at radius 1 is 1.04 bits per heavy atom. The van der Waals surface area contributed by atoms with Crippen molar-refractivity contribution in [3.05, 3.63) is 52.0 Å². The second-order valence-corrected chi connectivity index (χ2v) is 5.97. The zero-order valence-electron chi connectivity index (χ0n) is 13.8. The minimum Gasteiger partial charge on any atom is -0.493 e. The molecule has 2 N–H and O–H groups in total. The van der Waals surface area contributed by atoms with Gasteiger partial charge in [-0.1, -0.05) is 17.7 Å². The number of methoxy groups -OCH3 is 2. The summed E-state index contributed by atoms with van der Waals surface area (Å²) < 4.78 is 10.8. The summed E-state index contributed by atoms with van der Waals surface area (Å²) in [5.41, 5.74) is 10.8. The van der Waals surface area contributed by atoms with Gasteiger partial charge in [0.05, 0.1) is 24.9 Å². The highest BCUT2D eigenvalue weighted by molar-refractivity contribution is 6.33. The van der Waals surface area contributed by atoms with E-state index in [1.54, 1.807) is 26.4 Å². The number of hydrogen-bond acceptors (Lipinski definition) is 5. The van der Waals surface area contributed by atoms with Gasteiger partial charge in [-0.05, 0) is 36.8 Å². The lowest BCUT2D eigenvalue weighted by atomic mass is 9.94. The van der Waals surface area contributed by atoms with Crippen molar-refractivity contribution >= 4 is 28.7 Å². The first-order valence-electron chi connectivity index (χ1n) is 7.45. The van der Waals surface area contributed by atoms with Crippen molar-refractivity contribution in [3.8, 4) is 11.5 Å². The molecule has 0 radical (unpaired) electrons. The van der Waals surface area contributed by atoms with Crippen LogP contribution in [0.15, 0.2) is 40.5 Å². The topological polar surface area (TPSA) is 69.2 Å². The average molecular weight is 344 g/mol. The first kappa shape index (κ1) is 16.3. The number of rotatable bonds is 3. The minimum atomic E-state index is 0.488. The predicted molar refractivity (Wildman–Crippen MR) is 97.9 cm³/mol. The molecule has 2 aromatic rings. The van der Waals surface area contributed by atoms with Gasteiger partial charge in [-0.25, -0.2) is 0 Å². The highest BCUT2D eigenvalue weighted by atomic mass is 35.5. The molecule has 0 aliphatic carbocycles. The SMILES string of the molecule is COc1cc2c(cc1OC)C(c1ccc(N)c(Cl)c1)=NN=C(C)C2. The van der Waals surface area contributed by atoms with Crippen molar-refractivity contribution in [1.82, 2.24) is 0 Å². The van der Waals surface area contributed by atoms with Crippen LogP contribution in [0, 0.1) is 0 Å². The lowest BCUT2D eigenvalue weighted by Gasteiger charge is -2.15. The van der Waals surface area contributed by atoms with Gasteiger partial charge < -0.3 is 15.2 Å². The number of nitrogens with two attached hydrogens (primary N) is 1. The molecule has 0 fully saturated rings. The first-order valence-corrected chi connectivity index (χ1v) is 7.83. The van der Waals surface area contributed by atoms with E-state index in [1.165, 1.54) is 0 Å². The summed E-state index contributed by atoms with van der Waals surface area (Å²) in [5, 5.41) is 9.22. The summed E-state index contributed by atoms with van der Waals surface area (Å²) in [7, 11) is 3.23.